The molecule has 0 radical (unpaired) electrons. The zero-order valence-corrected chi connectivity index (χ0v) is 15.7. The molecule has 1 amide bonds. The maximum absolute atomic E-state index is 11.7. The number of nitrogens with zero attached hydrogens (tertiary/aromatic N) is 2. The minimum atomic E-state index is 0.143. The van der Waals surface area contributed by atoms with E-state index in [0.29, 0.717) is 12.6 Å². The Balaban J connectivity index is 2.20. The van der Waals surface area contributed by atoms with Crippen LogP contribution in [-0.4, -0.2) is 74.6 Å². The Morgan fingerprint density at radius 2 is 2.00 bits per heavy atom. The van der Waals surface area contributed by atoms with Crippen LogP contribution in [0.25, 0.3) is 0 Å². The Bertz CT molecular complexity index is 356. The Morgan fingerprint density at radius 1 is 1.26 bits per heavy atom. The molecule has 0 spiro atoms. The largest absolute Gasteiger partial charge is 0.356 e. The number of hydrogen-bond donors (Lipinski definition) is 3. The van der Waals surface area contributed by atoms with E-state index in [0.717, 1.165) is 57.8 Å². The van der Waals surface area contributed by atoms with Crippen LogP contribution in [0, 0.1) is 0 Å². The number of nitrogens with one attached hydrogen (secondary N) is 3. The molecule has 1 saturated heterocycles. The van der Waals surface area contributed by atoms with Gasteiger partial charge in [0.05, 0.1) is 6.54 Å². The zero-order valence-electron chi connectivity index (χ0n) is 14.9. The van der Waals surface area contributed by atoms with Gasteiger partial charge in [0.25, 0.3) is 0 Å². The zero-order chi connectivity index (χ0) is 16.9. The first-order valence-electron chi connectivity index (χ1n) is 8.64. The second-order valence-corrected chi connectivity index (χ2v) is 6.88. The molecule has 1 fully saturated rings. The van der Waals surface area contributed by atoms with Gasteiger partial charge in [-0.05, 0) is 37.7 Å². The smallest absolute Gasteiger partial charge is 0.234 e. The summed E-state index contributed by atoms with van der Waals surface area (Å²) in [6, 6.07) is 0.441. The van der Waals surface area contributed by atoms with Gasteiger partial charge in [0.1, 0.15) is 0 Å². The second-order valence-electron chi connectivity index (χ2n) is 5.89. The lowest BCUT2D eigenvalue weighted by atomic mass is 10.1. The minimum absolute atomic E-state index is 0.143. The molecule has 23 heavy (non-hydrogen) atoms. The fraction of sp³-hybridized carbons (Fsp3) is 0.875. The monoisotopic (exact) mass is 343 g/mol. The highest BCUT2D eigenvalue weighted by atomic mass is 32.2. The molecule has 1 aliphatic rings. The number of amides is 1. The molecule has 0 atom stereocenters. The van der Waals surface area contributed by atoms with E-state index in [1.54, 1.807) is 0 Å². The SMILES string of the molecule is CCCNC(=O)CN1CCC(NC(=NC)NCCCSC)CC1. The van der Waals surface area contributed by atoms with Crippen molar-refractivity contribution < 1.29 is 4.79 Å². The maximum atomic E-state index is 11.7. The van der Waals surface area contributed by atoms with Gasteiger partial charge < -0.3 is 16.0 Å². The number of carbonyl (C=O) groups is 1. The topological polar surface area (TPSA) is 68.8 Å². The van der Waals surface area contributed by atoms with Crippen LogP contribution < -0.4 is 16.0 Å². The van der Waals surface area contributed by atoms with Crippen LogP contribution in [0.2, 0.25) is 0 Å². The predicted molar refractivity (Wildman–Crippen MR) is 100 cm³/mol. The maximum Gasteiger partial charge on any atom is 0.234 e. The Morgan fingerprint density at radius 3 is 2.61 bits per heavy atom. The van der Waals surface area contributed by atoms with Crippen LogP contribution in [0.3, 0.4) is 0 Å². The first kappa shape index (κ1) is 20.1. The molecular weight excluding hydrogens is 310 g/mol. The summed E-state index contributed by atoms with van der Waals surface area (Å²) in [5.74, 6) is 2.21. The van der Waals surface area contributed by atoms with E-state index < -0.39 is 0 Å². The van der Waals surface area contributed by atoms with Crippen molar-refractivity contribution in [2.75, 3.05) is 51.8 Å². The number of likely N-dealkylation sites (tertiary alicyclic amines) is 1. The first-order valence-corrected chi connectivity index (χ1v) is 10.0. The third-order valence-electron chi connectivity index (χ3n) is 3.91. The minimum Gasteiger partial charge on any atom is -0.356 e. The first-order chi connectivity index (χ1) is 11.2. The third-order valence-corrected chi connectivity index (χ3v) is 4.61. The van der Waals surface area contributed by atoms with E-state index in [1.165, 1.54) is 5.75 Å². The average Bonchev–Trinajstić information content (AvgIpc) is 2.57. The number of guanidine groups is 1. The lowest BCUT2D eigenvalue weighted by Gasteiger charge is -2.32. The van der Waals surface area contributed by atoms with Crippen LogP contribution in [0.4, 0.5) is 0 Å². The molecule has 0 unspecified atom stereocenters. The van der Waals surface area contributed by atoms with Gasteiger partial charge in [-0.2, -0.15) is 11.8 Å². The van der Waals surface area contributed by atoms with E-state index in [-0.39, 0.29) is 5.91 Å². The van der Waals surface area contributed by atoms with Crippen molar-refractivity contribution in [3.63, 3.8) is 0 Å². The molecule has 1 rings (SSSR count). The van der Waals surface area contributed by atoms with Gasteiger partial charge in [-0.25, -0.2) is 0 Å². The molecule has 0 aliphatic carbocycles. The standard InChI is InChI=1S/C16H33N5OS/c1-4-8-18-15(22)13-21-10-6-14(7-11-21)20-16(17-2)19-9-5-12-23-3/h14H,4-13H2,1-3H3,(H,18,22)(H2,17,19,20). The molecule has 0 saturated carbocycles. The molecule has 134 valence electrons. The number of thioether (sulfide) groups is 1. The van der Waals surface area contributed by atoms with Crippen molar-refractivity contribution in [1.29, 1.82) is 0 Å². The number of rotatable bonds is 9. The molecule has 0 bridgehead atoms. The van der Waals surface area contributed by atoms with Crippen molar-refractivity contribution in [3.8, 4) is 0 Å². The van der Waals surface area contributed by atoms with Crippen LogP contribution in [-0.2, 0) is 4.79 Å². The number of aliphatic imine (C=N–C) groups is 1. The van der Waals surface area contributed by atoms with Crippen LogP contribution in [0.1, 0.15) is 32.6 Å². The van der Waals surface area contributed by atoms with Gasteiger partial charge >= 0.3 is 0 Å². The summed E-state index contributed by atoms with van der Waals surface area (Å²) >= 11 is 1.87. The molecule has 0 aromatic heterocycles. The second kappa shape index (κ2) is 12.5. The highest BCUT2D eigenvalue weighted by Crippen LogP contribution is 2.09. The number of hydrogen-bond acceptors (Lipinski definition) is 4. The van der Waals surface area contributed by atoms with Gasteiger partial charge in [-0.3, -0.25) is 14.7 Å². The fourth-order valence-electron chi connectivity index (χ4n) is 2.57. The molecule has 7 heteroatoms. The van der Waals surface area contributed by atoms with E-state index in [2.05, 4.69) is 39.0 Å². The summed E-state index contributed by atoms with van der Waals surface area (Å²) in [6.07, 6.45) is 6.36. The van der Waals surface area contributed by atoms with Crippen molar-refractivity contribution in [3.05, 3.63) is 0 Å². The van der Waals surface area contributed by atoms with Gasteiger partial charge in [-0.15, -0.1) is 0 Å². The van der Waals surface area contributed by atoms with Crippen molar-refractivity contribution in [2.24, 2.45) is 4.99 Å². The average molecular weight is 344 g/mol. The van der Waals surface area contributed by atoms with E-state index in [1.807, 2.05) is 18.8 Å². The molecule has 1 heterocycles. The Hall–Kier alpha value is -0.950. The van der Waals surface area contributed by atoms with Crippen molar-refractivity contribution in [2.45, 2.75) is 38.6 Å². The Labute approximate surface area is 145 Å². The highest BCUT2D eigenvalue weighted by molar-refractivity contribution is 7.98. The van der Waals surface area contributed by atoms with Crippen LogP contribution >= 0.6 is 11.8 Å². The van der Waals surface area contributed by atoms with Crippen LogP contribution in [0.5, 0.6) is 0 Å². The lowest BCUT2D eigenvalue weighted by Crippen LogP contribution is -2.50. The summed E-state index contributed by atoms with van der Waals surface area (Å²) in [4.78, 5) is 18.3. The Kier molecular flexibility index (Phi) is 10.9. The molecular formula is C16H33N5OS. The quantitative estimate of drug-likeness (QED) is 0.330. The summed E-state index contributed by atoms with van der Waals surface area (Å²) in [6.45, 7) is 6.24. The lowest BCUT2D eigenvalue weighted by molar-refractivity contribution is -0.122. The summed E-state index contributed by atoms with van der Waals surface area (Å²) < 4.78 is 0. The summed E-state index contributed by atoms with van der Waals surface area (Å²) in [5, 5.41) is 9.80. The van der Waals surface area contributed by atoms with E-state index in [4.69, 9.17) is 0 Å². The normalized spacial score (nSPS) is 17.1. The molecule has 0 aromatic rings. The molecule has 1 aliphatic heterocycles. The van der Waals surface area contributed by atoms with E-state index >= 15 is 0 Å². The van der Waals surface area contributed by atoms with Gasteiger partial charge in [-0.1, -0.05) is 6.92 Å². The molecule has 3 N–H and O–H groups in total. The van der Waals surface area contributed by atoms with Gasteiger partial charge in [0, 0.05) is 39.3 Å². The third kappa shape index (κ3) is 9.05. The molecule has 0 aromatic carbocycles. The van der Waals surface area contributed by atoms with Crippen molar-refractivity contribution >= 4 is 23.6 Å². The van der Waals surface area contributed by atoms with Gasteiger partial charge in [0.2, 0.25) is 5.91 Å². The number of piperidine rings is 1. The summed E-state index contributed by atoms with van der Waals surface area (Å²) in [7, 11) is 1.82. The summed E-state index contributed by atoms with van der Waals surface area (Å²) in [5.41, 5.74) is 0. The highest BCUT2D eigenvalue weighted by Gasteiger charge is 2.21. The predicted octanol–water partition coefficient (Wildman–Crippen LogP) is 0.895. The molecule has 6 nitrogen and oxygen atoms in total. The fourth-order valence-corrected chi connectivity index (χ4v) is 3.00. The van der Waals surface area contributed by atoms with Gasteiger partial charge in [0.15, 0.2) is 5.96 Å². The van der Waals surface area contributed by atoms with E-state index in [9.17, 15) is 4.79 Å². The number of carbonyl (C=O) groups excluding carboxylic acids is 1. The van der Waals surface area contributed by atoms with Crippen LogP contribution in [0.15, 0.2) is 4.99 Å². The van der Waals surface area contributed by atoms with Crippen molar-refractivity contribution in [1.82, 2.24) is 20.9 Å².